The zero-order chi connectivity index (χ0) is 13.0. The Hall–Kier alpha value is -1.16. The van der Waals surface area contributed by atoms with Gasteiger partial charge in [0.25, 0.3) is 0 Å². The van der Waals surface area contributed by atoms with Crippen LogP contribution < -0.4 is 10.1 Å². The lowest BCUT2D eigenvalue weighted by Gasteiger charge is -2.10. The average molecular weight is 255 g/mol. The van der Waals surface area contributed by atoms with Crippen LogP contribution in [0, 0.1) is 17.6 Å². The second-order valence-corrected chi connectivity index (χ2v) is 4.75. The van der Waals surface area contributed by atoms with E-state index in [1.54, 1.807) is 0 Å². The van der Waals surface area contributed by atoms with Gasteiger partial charge in [0.15, 0.2) is 17.4 Å². The first kappa shape index (κ1) is 13.3. The lowest BCUT2D eigenvalue weighted by atomic mass is 10.2. The van der Waals surface area contributed by atoms with E-state index in [0.717, 1.165) is 13.0 Å². The third kappa shape index (κ3) is 3.67. The third-order valence-corrected chi connectivity index (χ3v) is 3.11. The molecule has 0 heterocycles. The van der Waals surface area contributed by atoms with Crippen LogP contribution in [-0.2, 0) is 6.54 Å². The quantitative estimate of drug-likeness (QED) is 0.807. The minimum atomic E-state index is -0.612. The van der Waals surface area contributed by atoms with Crippen LogP contribution in [0.25, 0.3) is 0 Å². The Morgan fingerprint density at radius 1 is 1.28 bits per heavy atom. The molecule has 1 aromatic rings. The Bertz CT molecular complexity index is 382. The van der Waals surface area contributed by atoms with E-state index in [1.807, 2.05) is 6.92 Å². The number of hydrogen-bond acceptors (Lipinski definition) is 2. The van der Waals surface area contributed by atoms with Crippen molar-refractivity contribution in [2.45, 2.75) is 32.7 Å². The lowest BCUT2D eigenvalue weighted by molar-refractivity contribution is 0.273. The van der Waals surface area contributed by atoms with Gasteiger partial charge in [-0.2, -0.15) is 0 Å². The van der Waals surface area contributed by atoms with Crippen molar-refractivity contribution in [2.24, 2.45) is 5.92 Å². The molecule has 1 saturated carbocycles. The van der Waals surface area contributed by atoms with Gasteiger partial charge < -0.3 is 10.1 Å². The summed E-state index contributed by atoms with van der Waals surface area (Å²) in [7, 11) is 0. The molecule has 0 atom stereocenters. The number of nitrogens with one attached hydrogen (secondary N) is 1. The van der Waals surface area contributed by atoms with Crippen LogP contribution in [0.1, 0.15) is 31.7 Å². The fourth-order valence-electron chi connectivity index (χ4n) is 1.86. The van der Waals surface area contributed by atoms with Crippen LogP contribution in [0.15, 0.2) is 12.1 Å². The molecule has 0 spiro atoms. The standard InChI is InChI=1S/C14H19F2NO/c1-2-17-9-11-7-12(15)14(13(16)8-11)18-6-5-10-3-4-10/h7-8,10,17H,2-6,9H2,1H3. The van der Waals surface area contributed by atoms with Gasteiger partial charge in [-0.15, -0.1) is 0 Å². The molecule has 0 aromatic heterocycles. The monoisotopic (exact) mass is 255 g/mol. The number of ether oxygens (including phenoxy) is 1. The maximum absolute atomic E-state index is 13.7. The molecule has 1 aliphatic carbocycles. The van der Waals surface area contributed by atoms with E-state index in [0.29, 0.717) is 24.6 Å². The molecule has 0 aliphatic heterocycles. The molecular weight excluding hydrogens is 236 g/mol. The van der Waals surface area contributed by atoms with Gasteiger partial charge in [0, 0.05) is 6.54 Å². The zero-order valence-corrected chi connectivity index (χ0v) is 10.6. The number of benzene rings is 1. The molecule has 18 heavy (non-hydrogen) atoms. The average Bonchev–Trinajstić information content (AvgIpc) is 3.14. The summed E-state index contributed by atoms with van der Waals surface area (Å²) in [6.45, 7) is 3.57. The largest absolute Gasteiger partial charge is 0.488 e. The fraction of sp³-hybridized carbons (Fsp3) is 0.571. The van der Waals surface area contributed by atoms with Crippen LogP contribution in [0.5, 0.6) is 5.75 Å². The Balaban J connectivity index is 1.95. The zero-order valence-electron chi connectivity index (χ0n) is 10.6. The van der Waals surface area contributed by atoms with Gasteiger partial charge in [0.2, 0.25) is 0 Å². The molecule has 4 heteroatoms. The topological polar surface area (TPSA) is 21.3 Å². The summed E-state index contributed by atoms with van der Waals surface area (Å²) < 4.78 is 32.6. The highest BCUT2D eigenvalue weighted by Crippen LogP contribution is 2.32. The highest BCUT2D eigenvalue weighted by molar-refractivity contribution is 5.31. The predicted molar refractivity (Wildman–Crippen MR) is 66.6 cm³/mol. The first-order chi connectivity index (χ1) is 8.70. The number of hydrogen-bond donors (Lipinski definition) is 1. The van der Waals surface area contributed by atoms with E-state index in [4.69, 9.17) is 4.74 Å². The summed E-state index contributed by atoms with van der Waals surface area (Å²) in [4.78, 5) is 0. The maximum Gasteiger partial charge on any atom is 0.190 e. The smallest absolute Gasteiger partial charge is 0.190 e. The summed E-state index contributed by atoms with van der Waals surface area (Å²) in [5.41, 5.74) is 0.599. The van der Waals surface area contributed by atoms with Gasteiger partial charge in [-0.05, 0) is 36.6 Å². The summed E-state index contributed by atoms with van der Waals surface area (Å²) in [6, 6.07) is 2.66. The lowest BCUT2D eigenvalue weighted by Crippen LogP contribution is -2.12. The van der Waals surface area contributed by atoms with Gasteiger partial charge in [0.05, 0.1) is 6.61 Å². The van der Waals surface area contributed by atoms with E-state index in [-0.39, 0.29) is 5.75 Å². The van der Waals surface area contributed by atoms with Crippen LogP contribution in [-0.4, -0.2) is 13.2 Å². The van der Waals surface area contributed by atoms with Crippen LogP contribution in [0.2, 0.25) is 0 Å². The molecular formula is C14H19F2NO. The molecule has 2 rings (SSSR count). The first-order valence-electron chi connectivity index (χ1n) is 6.52. The Kier molecular flexibility index (Phi) is 4.53. The normalized spacial score (nSPS) is 14.8. The van der Waals surface area contributed by atoms with Crippen molar-refractivity contribution < 1.29 is 13.5 Å². The van der Waals surface area contributed by atoms with Crippen molar-refractivity contribution in [1.82, 2.24) is 5.32 Å². The number of rotatable bonds is 7. The molecule has 1 aliphatic rings. The van der Waals surface area contributed by atoms with E-state index in [2.05, 4.69) is 5.32 Å². The summed E-state index contributed by atoms with van der Waals surface area (Å²) >= 11 is 0. The second-order valence-electron chi connectivity index (χ2n) is 4.75. The third-order valence-electron chi connectivity index (χ3n) is 3.11. The van der Waals surface area contributed by atoms with Crippen molar-refractivity contribution in [3.05, 3.63) is 29.3 Å². The molecule has 1 N–H and O–H groups in total. The Morgan fingerprint density at radius 2 is 1.94 bits per heavy atom. The van der Waals surface area contributed by atoms with Crippen LogP contribution in [0.3, 0.4) is 0 Å². The molecule has 0 amide bonds. The van der Waals surface area contributed by atoms with Gasteiger partial charge in [-0.25, -0.2) is 8.78 Å². The molecule has 1 aromatic carbocycles. The maximum atomic E-state index is 13.7. The highest BCUT2D eigenvalue weighted by atomic mass is 19.1. The molecule has 100 valence electrons. The molecule has 1 fully saturated rings. The van der Waals surface area contributed by atoms with E-state index in [9.17, 15) is 8.78 Å². The second kappa shape index (κ2) is 6.14. The van der Waals surface area contributed by atoms with E-state index < -0.39 is 11.6 Å². The molecule has 0 unspecified atom stereocenters. The van der Waals surface area contributed by atoms with Gasteiger partial charge in [-0.1, -0.05) is 19.8 Å². The summed E-state index contributed by atoms with van der Waals surface area (Å²) in [5.74, 6) is -0.766. The highest BCUT2D eigenvalue weighted by Gasteiger charge is 2.21. The van der Waals surface area contributed by atoms with Gasteiger partial charge in [0.1, 0.15) is 0 Å². The molecule has 2 nitrogen and oxygen atoms in total. The first-order valence-corrected chi connectivity index (χ1v) is 6.52. The van der Waals surface area contributed by atoms with Gasteiger partial charge >= 0.3 is 0 Å². The van der Waals surface area contributed by atoms with Crippen LogP contribution >= 0.6 is 0 Å². The van der Waals surface area contributed by atoms with Crippen molar-refractivity contribution >= 4 is 0 Å². The van der Waals surface area contributed by atoms with E-state index >= 15 is 0 Å². The summed E-state index contributed by atoms with van der Waals surface area (Å²) in [5, 5.41) is 3.03. The molecule has 0 radical (unpaired) electrons. The minimum absolute atomic E-state index is 0.240. The molecule has 0 saturated heterocycles. The Labute approximate surface area is 106 Å². The van der Waals surface area contributed by atoms with E-state index in [1.165, 1.54) is 25.0 Å². The van der Waals surface area contributed by atoms with Crippen molar-refractivity contribution in [1.29, 1.82) is 0 Å². The summed E-state index contributed by atoms with van der Waals surface area (Å²) in [6.07, 6.45) is 3.32. The fourth-order valence-corrected chi connectivity index (χ4v) is 1.86. The van der Waals surface area contributed by atoms with Crippen molar-refractivity contribution in [3.63, 3.8) is 0 Å². The minimum Gasteiger partial charge on any atom is -0.488 e. The van der Waals surface area contributed by atoms with Crippen molar-refractivity contribution in [2.75, 3.05) is 13.2 Å². The van der Waals surface area contributed by atoms with Crippen LogP contribution in [0.4, 0.5) is 8.78 Å². The SMILES string of the molecule is CCNCc1cc(F)c(OCCC2CC2)c(F)c1. The van der Waals surface area contributed by atoms with Gasteiger partial charge in [-0.3, -0.25) is 0 Å². The predicted octanol–water partition coefficient (Wildman–Crippen LogP) is 3.25. The molecule has 0 bridgehead atoms. The Morgan fingerprint density at radius 3 is 2.50 bits per heavy atom. The van der Waals surface area contributed by atoms with Crippen molar-refractivity contribution in [3.8, 4) is 5.75 Å². The number of halogens is 2.